The minimum absolute atomic E-state index is 0.225. The average Bonchev–Trinajstić information content (AvgIpc) is 1.88. The zero-order chi connectivity index (χ0) is 7.98. The van der Waals surface area contributed by atoms with E-state index in [9.17, 15) is 0 Å². The van der Waals surface area contributed by atoms with Crippen LogP contribution in [0.15, 0.2) is 0 Å². The highest BCUT2D eigenvalue weighted by Crippen LogP contribution is 2.02. The maximum absolute atomic E-state index is 5.48. The number of rotatable bonds is 5. The first-order chi connectivity index (χ1) is 4.70. The van der Waals surface area contributed by atoms with Crippen LogP contribution in [0.1, 0.15) is 33.6 Å². The maximum atomic E-state index is 5.48. The standard InChI is InChI=1S/C7H16OS2/c1-4-6-7(3)8-10(9)5-2/h7H,4-6H2,1-3H3. The Morgan fingerprint density at radius 3 is 2.50 bits per heavy atom. The predicted octanol–water partition coefficient (Wildman–Crippen LogP) is 2.21. The van der Waals surface area contributed by atoms with Crippen LogP contribution in [0.25, 0.3) is 0 Å². The van der Waals surface area contributed by atoms with Crippen molar-refractivity contribution < 1.29 is 4.18 Å². The van der Waals surface area contributed by atoms with Gasteiger partial charge >= 0.3 is 0 Å². The normalized spacial score (nSPS) is 16.7. The Hall–Kier alpha value is 0.530. The van der Waals surface area contributed by atoms with Crippen LogP contribution < -0.4 is 0 Å². The smallest absolute Gasteiger partial charge is 0.0697 e. The molecule has 0 saturated carbocycles. The Labute approximate surface area is 71.0 Å². The van der Waals surface area contributed by atoms with Gasteiger partial charge in [-0.1, -0.05) is 20.3 Å². The van der Waals surface area contributed by atoms with Crippen molar-refractivity contribution in [2.24, 2.45) is 0 Å². The van der Waals surface area contributed by atoms with Gasteiger partial charge in [-0.05, 0) is 24.5 Å². The zero-order valence-electron chi connectivity index (χ0n) is 6.92. The highest BCUT2D eigenvalue weighted by atomic mass is 32.8. The molecule has 0 aliphatic heterocycles. The Kier molecular flexibility index (Phi) is 6.59. The van der Waals surface area contributed by atoms with Gasteiger partial charge in [-0.2, -0.15) is 0 Å². The summed E-state index contributed by atoms with van der Waals surface area (Å²) < 4.78 is 5.48. The van der Waals surface area contributed by atoms with Gasteiger partial charge in [0.15, 0.2) is 0 Å². The van der Waals surface area contributed by atoms with Crippen LogP contribution in [0.4, 0.5) is 0 Å². The summed E-state index contributed by atoms with van der Waals surface area (Å²) in [4.78, 5) is 0. The molecular formula is C7H16OS2. The third-order valence-corrected chi connectivity index (χ3v) is 3.16. The van der Waals surface area contributed by atoms with Crippen molar-refractivity contribution in [3.05, 3.63) is 0 Å². The first-order valence-corrected chi connectivity index (χ1v) is 6.00. The second-order valence-electron chi connectivity index (χ2n) is 2.29. The molecule has 0 N–H and O–H groups in total. The lowest BCUT2D eigenvalue weighted by Gasteiger charge is -2.10. The van der Waals surface area contributed by atoms with E-state index in [-0.39, 0.29) is 9.74 Å². The molecule has 0 saturated heterocycles. The molecule has 0 heterocycles. The number of hydrogen-bond acceptors (Lipinski definition) is 2. The molecule has 2 atom stereocenters. The lowest BCUT2D eigenvalue weighted by atomic mass is 10.2. The van der Waals surface area contributed by atoms with Crippen molar-refractivity contribution in [1.29, 1.82) is 0 Å². The third-order valence-electron chi connectivity index (χ3n) is 1.20. The highest BCUT2D eigenvalue weighted by molar-refractivity contribution is 8.26. The van der Waals surface area contributed by atoms with E-state index >= 15 is 0 Å². The van der Waals surface area contributed by atoms with Crippen molar-refractivity contribution in [3.63, 3.8) is 0 Å². The van der Waals surface area contributed by atoms with E-state index in [1.54, 1.807) is 0 Å². The molecule has 62 valence electrons. The van der Waals surface area contributed by atoms with Crippen LogP contribution in [0, 0.1) is 0 Å². The van der Waals surface area contributed by atoms with Gasteiger partial charge in [0.1, 0.15) is 0 Å². The third kappa shape index (κ3) is 5.33. The second-order valence-corrected chi connectivity index (χ2v) is 4.78. The van der Waals surface area contributed by atoms with E-state index < -0.39 is 0 Å². The van der Waals surface area contributed by atoms with E-state index in [1.165, 1.54) is 6.42 Å². The summed E-state index contributed by atoms with van der Waals surface area (Å²) in [7, 11) is -0.225. The molecule has 0 bridgehead atoms. The Bertz CT molecular complexity index is 104. The molecule has 0 radical (unpaired) electrons. The molecule has 0 amide bonds. The molecule has 1 nitrogen and oxygen atoms in total. The molecule has 0 aromatic carbocycles. The van der Waals surface area contributed by atoms with Gasteiger partial charge in [0.2, 0.25) is 0 Å². The Morgan fingerprint density at radius 1 is 1.50 bits per heavy atom. The summed E-state index contributed by atoms with van der Waals surface area (Å²) in [5.41, 5.74) is 0. The van der Waals surface area contributed by atoms with E-state index in [2.05, 4.69) is 20.8 Å². The summed E-state index contributed by atoms with van der Waals surface area (Å²) in [6.07, 6.45) is 2.66. The van der Waals surface area contributed by atoms with Crippen molar-refractivity contribution in [3.8, 4) is 0 Å². The van der Waals surface area contributed by atoms with Crippen LogP contribution in [0.3, 0.4) is 0 Å². The maximum Gasteiger partial charge on any atom is 0.0697 e. The van der Waals surface area contributed by atoms with Crippen LogP contribution in [-0.2, 0) is 25.1 Å². The molecule has 0 aromatic heterocycles. The Morgan fingerprint density at radius 2 is 2.10 bits per heavy atom. The minimum Gasteiger partial charge on any atom is -0.309 e. The second kappa shape index (κ2) is 6.25. The van der Waals surface area contributed by atoms with Crippen LogP contribution in [-0.4, -0.2) is 11.9 Å². The van der Waals surface area contributed by atoms with Crippen molar-refractivity contribution >= 4 is 20.9 Å². The first-order valence-electron chi connectivity index (χ1n) is 3.76. The quantitative estimate of drug-likeness (QED) is 0.641. The minimum atomic E-state index is -0.225. The van der Waals surface area contributed by atoms with Gasteiger partial charge in [-0.25, -0.2) is 0 Å². The first kappa shape index (κ1) is 10.5. The lowest BCUT2D eigenvalue weighted by molar-refractivity contribution is 0.247. The summed E-state index contributed by atoms with van der Waals surface area (Å²) >= 11 is 5.03. The van der Waals surface area contributed by atoms with E-state index in [4.69, 9.17) is 15.4 Å². The molecular weight excluding hydrogens is 164 g/mol. The largest absolute Gasteiger partial charge is 0.309 e. The summed E-state index contributed by atoms with van der Waals surface area (Å²) in [5, 5.41) is 0. The van der Waals surface area contributed by atoms with Gasteiger partial charge < -0.3 is 4.18 Å². The van der Waals surface area contributed by atoms with Crippen LogP contribution in [0.5, 0.6) is 0 Å². The predicted molar refractivity (Wildman–Crippen MR) is 50.7 cm³/mol. The fourth-order valence-corrected chi connectivity index (χ4v) is 1.71. The molecule has 0 rings (SSSR count). The van der Waals surface area contributed by atoms with E-state index in [0.717, 1.165) is 12.2 Å². The summed E-state index contributed by atoms with van der Waals surface area (Å²) in [6, 6.07) is 0. The molecule has 10 heavy (non-hydrogen) atoms. The van der Waals surface area contributed by atoms with Gasteiger partial charge in [0.05, 0.1) is 6.10 Å². The van der Waals surface area contributed by atoms with Gasteiger partial charge in [0, 0.05) is 15.5 Å². The van der Waals surface area contributed by atoms with Crippen molar-refractivity contribution in [2.75, 3.05) is 5.75 Å². The molecule has 0 aromatic rings. The van der Waals surface area contributed by atoms with Gasteiger partial charge in [-0.15, -0.1) is 0 Å². The summed E-state index contributed by atoms with van der Waals surface area (Å²) in [5.74, 6) is 0.962. The fraction of sp³-hybridized carbons (Fsp3) is 1.00. The monoisotopic (exact) mass is 180 g/mol. The molecule has 2 unspecified atom stereocenters. The zero-order valence-corrected chi connectivity index (χ0v) is 8.56. The van der Waals surface area contributed by atoms with Gasteiger partial charge in [0.25, 0.3) is 0 Å². The Balaban J connectivity index is 3.37. The SMILES string of the molecule is CCCC(C)OS(=S)CC. The molecule has 0 aliphatic rings. The molecule has 0 fully saturated rings. The molecule has 3 heteroatoms. The van der Waals surface area contributed by atoms with E-state index in [1.807, 2.05) is 0 Å². The van der Waals surface area contributed by atoms with Crippen LogP contribution >= 0.6 is 0 Å². The highest BCUT2D eigenvalue weighted by Gasteiger charge is 2.01. The average molecular weight is 180 g/mol. The molecule has 0 spiro atoms. The summed E-state index contributed by atoms with van der Waals surface area (Å²) in [6.45, 7) is 6.31. The topological polar surface area (TPSA) is 9.23 Å². The van der Waals surface area contributed by atoms with E-state index in [0.29, 0.717) is 6.10 Å². The fourth-order valence-electron chi connectivity index (χ4n) is 0.706. The van der Waals surface area contributed by atoms with Crippen molar-refractivity contribution in [2.45, 2.75) is 39.7 Å². The van der Waals surface area contributed by atoms with Crippen molar-refractivity contribution in [1.82, 2.24) is 0 Å². The molecule has 0 aliphatic carbocycles. The van der Waals surface area contributed by atoms with Gasteiger partial charge in [-0.3, -0.25) is 0 Å². The number of hydrogen-bond donors (Lipinski definition) is 0. The lowest BCUT2D eigenvalue weighted by Crippen LogP contribution is -2.10. The van der Waals surface area contributed by atoms with Crippen LogP contribution in [0.2, 0.25) is 0 Å².